The van der Waals surface area contributed by atoms with Crippen LogP contribution in [0.2, 0.25) is 30.1 Å². The standard InChI is InChI=1S/C27H30ClN3O2S.C27H30ClN3OS.C19H16ClN3S.C18H15NO3.2C9H5ClN2S.C6H6ClNS/c1-5-7-8-17(6-2)25(32)30-24-23(27-29-20-14-18(28)10-12-21(20)34-27)22(26(33)31-24)19-11-9-15(3)13-16(19)4;1-5-7-8-18(6-2)26(32)31-25-24(27-30-22-14-19(28)10-12-23(22)33-27)21(15-29-25)20-11-9-16(3)13-17(20)4;1-10-3-5-13(11(2)7-10)14-9-22-18(21)17(14)19-23-15-8-12(20)4-6-16(15)24-19;1-11-7-8-13(12(2)9-11)16(20)10-19-17(21)14-5-3-4-6-15(14)18(19)22;2*10-6-1-2-8-7(5-6)12-9(13-8)3-4-11;7-4-1-2-6(9)5(8)3-4/h9-14,17,31,33H,5-8H2,1-4H3,(H,30,32);9-15,18,29H,5-8H2,1-4H3,(H,31,32);3-9,22H,21H2,1-2H3;3-9H,10H2,1-2H3;2*1-2,5H,3H2;1-3,9H,8H2. The first kappa shape index (κ1) is 111. The number of aromatic amines is 3. The number of unbranched alkanes of at least 4 members (excludes halogenated alkanes) is 2. The van der Waals surface area contributed by atoms with E-state index in [9.17, 15) is 29.1 Å². The lowest BCUT2D eigenvalue weighted by Gasteiger charge is -2.15. The second-order valence-corrected chi connectivity index (χ2v) is 44.1. The highest BCUT2D eigenvalue weighted by Crippen LogP contribution is 2.50. The number of carbonyl (C=O) groups is 5. The fourth-order valence-electron chi connectivity index (χ4n) is 17.1. The molecule has 1 aliphatic rings. The Hall–Kier alpha value is -13.1. The Morgan fingerprint density at radius 2 is 0.797 bits per heavy atom. The molecule has 2 atom stereocenters. The molecule has 0 saturated heterocycles. The number of hydrogen-bond acceptors (Lipinski definition) is 21. The van der Waals surface area contributed by atoms with Gasteiger partial charge in [0.15, 0.2) is 11.7 Å². The second-order valence-electron chi connectivity index (χ2n) is 35.7. The summed E-state index contributed by atoms with van der Waals surface area (Å²) in [5, 5.41) is 42.4. The number of nitriles is 2. The first-order chi connectivity index (χ1) is 71.0. The molecule has 0 radical (unpaired) electrons. The minimum Gasteiger partial charge on any atom is -0.494 e. The highest BCUT2D eigenvalue weighted by molar-refractivity contribution is 7.80. The Morgan fingerprint density at radius 1 is 0.426 bits per heavy atom. The van der Waals surface area contributed by atoms with Gasteiger partial charge in [-0.3, -0.25) is 28.9 Å². The monoisotopic (exact) mass is 2200 g/mol. The predicted octanol–water partition coefficient (Wildman–Crippen LogP) is 33.3. The van der Waals surface area contributed by atoms with E-state index in [-0.39, 0.29) is 41.9 Å². The van der Waals surface area contributed by atoms with E-state index >= 15 is 0 Å². The zero-order valence-electron chi connectivity index (χ0n) is 83.2. The van der Waals surface area contributed by atoms with Gasteiger partial charge in [0.25, 0.3) is 11.8 Å². The van der Waals surface area contributed by atoms with E-state index in [1.165, 1.54) is 61.8 Å². The number of aryl methyl sites for hydroxylation is 8. The number of aromatic hydroxyl groups is 1. The topological polar surface area (TPSA) is 344 Å². The van der Waals surface area contributed by atoms with Crippen molar-refractivity contribution in [2.45, 2.75) is 152 Å². The first-order valence-electron chi connectivity index (χ1n) is 47.8. The van der Waals surface area contributed by atoms with E-state index in [0.29, 0.717) is 98.9 Å². The Labute approximate surface area is 914 Å². The van der Waals surface area contributed by atoms with Crippen LogP contribution in [-0.4, -0.2) is 85.8 Å². The number of Topliss-reactive ketones (excluding diaryl/α,β-unsaturated/α-hetero) is 1. The van der Waals surface area contributed by atoms with Crippen LogP contribution in [0, 0.1) is 89.9 Å². The number of imide groups is 1. The number of nitrogen functional groups attached to an aromatic ring is 2. The molecule has 0 bridgehead atoms. The molecule has 1 aliphatic heterocycles. The maximum atomic E-state index is 13.2. The lowest BCUT2D eigenvalue weighted by molar-refractivity contribution is -0.121. The summed E-state index contributed by atoms with van der Waals surface area (Å²) in [6.07, 6.45) is 12.2. The van der Waals surface area contributed by atoms with Crippen LogP contribution in [0.5, 0.6) is 5.88 Å². The molecule has 11 aromatic carbocycles. The van der Waals surface area contributed by atoms with Gasteiger partial charge < -0.3 is 42.2 Å². The van der Waals surface area contributed by atoms with Crippen LogP contribution in [0.3, 0.4) is 0 Å². The van der Waals surface area contributed by atoms with E-state index in [2.05, 4.69) is 151 Å². The molecule has 0 saturated carbocycles. The highest BCUT2D eigenvalue weighted by Gasteiger charge is 2.37. The predicted molar refractivity (Wildman–Crippen MR) is 621 cm³/mol. The summed E-state index contributed by atoms with van der Waals surface area (Å²) >= 11 is 47.6. The summed E-state index contributed by atoms with van der Waals surface area (Å²) < 4.78 is 5.30. The number of anilines is 4. The molecule has 20 rings (SSSR count). The van der Waals surface area contributed by atoms with Crippen molar-refractivity contribution in [2.24, 2.45) is 11.8 Å². The lowest BCUT2D eigenvalue weighted by Crippen LogP contribution is -2.35. The molecule has 0 spiro atoms. The fraction of sp³-hybridized carbons (Fsp3) is 0.217. The lowest BCUT2D eigenvalue weighted by atomic mass is 9.96. The highest BCUT2D eigenvalue weighted by atomic mass is 35.5. The average molecular weight is 2200 g/mol. The minimum absolute atomic E-state index is 0.000153. The van der Waals surface area contributed by atoms with Gasteiger partial charge in [-0.2, -0.15) is 10.5 Å². The van der Waals surface area contributed by atoms with Crippen LogP contribution in [0.25, 0.3) is 116 Å². The SMILES string of the molecule is CCCCC(CC)C(=O)Nc1[nH]c(O)c(-c2ccc(C)cc2C)c1-c1nc2cc(Cl)ccc2s1.CCCCC(CC)C(=O)Nc1[nH]cc(-c2ccc(C)cc2C)c1-c1nc2cc(Cl)ccc2s1.Cc1ccc(-c2c[nH]c(N)c2-c2nc3cc(Cl)ccc3s2)c(C)c1.Cc1ccc(C(=O)CN2C(=O)c3ccccc3C2=O)c(C)c1.N#CCc1nc2cc(Cl)ccc2s1.N#CCc1nc2cc(Cl)ccc2s1.Nc1cc(Cl)ccc1S. The number of thiazole rings is 5. The summed E-state index contributed by atoms with van der Waals surface area (Å²) in [7, 11) is 0. The number of carbonyl (C=O) groups excluding carboxylic acids is 5. The molecule has 21 nitrogen and oxygen atoms in total. The molecule has 0 fully saturated rings. The molecule has 9 heterocycles. The van der Waals surface area contributed by atoms with Gasteiger partial charge in [-0.1, -0.05) is 230 Å². The maximum Gasteiger partial charge on any atom is 0.261 e. The number of aromatic nitrogens is 8. The maximum absolute atomic E-state index is 13.2. The molecule has 33 heteroatoms. The number of benzene rings is 11. The quantitative estimate of drug-likeness (QED) is 0.0124. The summed E-state index contributed by atoms with van der Waals surface area (Å²) in [4.78, 5) is 97.6. The van der Waals surface area contributed by atoms with E-state index in [1.54, 1.807) is 71.2 Å². The Balaban J connectivity index is 0.000000141. The normalized spacial score (nSPS) is 11.8. The van der Waals surface area contributed by atoms with Crippen LogP contribution in [0.1, 0.15) is 165 Å². The molecular weight excluding hydrogens is 2090 g/mol. The number of nitrogens with zero attached hydrogens (tertiary/aromatic N) is 8. The number of halogens is 6. The summed E-state index contributed by atoms with van der Waals surface area (Å²) in [5.74, 6) is 0.709. The smallest absolute Gasteiger partial charge is 0.261 e. The van der Waals surface area contributed by atoms with Crippen LogP contribution in [0.15, 0.2) is 224 Å². The van der Waals surface area contributed by atoms with Crippen LogP contribution >= 0.6 is 139 Å². The van der Waals surface area contributed by atoms with Gasteiger partial charge in [0, 0.05) is 81.6 Å². The van der Waals surface area contributed by atoms with Gasteiger partial charge in [0.05, 0.1) is 116 Å². The fourth-order valence-corrected chi connectivity index (χ4v) is 23.0. The van der Waals surface area contributed by atoms with Gasteiger partial charge in [0.1, 0.15) is 42.5 Å². The molecule has 19 aromatic rings. The molecule has 0 aliphatic carbocycles. The van der Waals surface area contributed by atoms with Gasteiger partial charge in [-0.05, 0) is 241 Å². The number of ketones is 1. The van der Waals surface area contributed by atoms with E-state index in [4.69, 9.17) is 107 Å². The number of H-pyrrole nitrogens is 3. The zero-order valence-corrected chi connectivity index (χ0v) is 92.7. The number of fused-ring (bicyclic) bond motifs is 6. The largest absolute Gasteiger partial charge is 0.494 e. The van der Waals surface area contributed by atoms with Crippen molar-refractivity contribution in [1.82, 2.24) is 44.8 Å². The van der Waals surface area contributed by atoms with E-state index in [0.717, 1.165) is 188 Å². The van der Waals surface area contributed by atoms with Gasteiger partial charge in [-0.25, -0.2) is 24.9 Å². The van der Waals surface area contributed by atoms with Gasteiger partial charge in [-0.15, -0.1) is 69.3 Å². The summed E-state index contributed by atoms with van der Waals surface area (Å²) in [6.45, 7) is 24.5. The Kier molecular flexibility index (Phi) is 37.9. The molecule has 8 aromatic heterocycles. The minimum atomic E-state index is -0.404. The van der Waals surface area contributed by atoms with Crippen LogP contribution in [0.4, 0.5) is 23.1 Å². The van der Waals surface area contributed by atoms with Crippen molar-refractivity contribution in [2.75, 3.05) is 28.6 Å². The van der Waals surface area contributed by atoms with E-state index < -0.39 is 11.8 Å². The van der Waals surface area contributed by atoms with Crippen molar-refractivity contribution in [1.29, 1.82) is 10.5 Å². The van der Waals surface area contributed by atoms with Crippen LogP contribution in [-0.2, 0) is 22.4 Å². The van der Waals surface area contributed by atoms with E-state index in [1.807, 2.05) is 162 Å². The van der Waals surface area contributed by atoms with Crippen molar-refractivity contribution in [3.8, 4) is 83.1 Å². The van der Waals surface area contributed by atoms with Crippen molar-refractivity contribution in [3.63, 3.8) is 0 Å². The molecular formula is C115H107Cl6N15O6S6. The van der Waals surface area contributed by atoms with Gasteiger partial charge >= 0.3 is 0 Å². The summed E-state index contributed by atoms with van der Waals surface area (Å²) in [5.41, 5.74) is 35.4. The molecule has 10 N–H and O–H groups in total. The molecule has 148 heavy (non-hydrogen) atoms. The van der Waals surface area contributed by atoms with Crippen molar-refractivity contribution >= 4 is 243 Å². The Morgan fingerprint density at radius 3 is 1.20 bits per heavy atom. The number of amides is 4. The average Bonchev–Trinajstić information content (AvgIpc) is 1.61. The van der Waals surface area contributed by atoms with Crippen molar-refractivity contribution < 1.29 is 29.1 Å². The third-order valence-electron chi connectivity index (χ3n) is 24.6. The third kappa shape index (κ3) is 27.1. The second kappa shape index (κ2) is 50.8. The molecule has 4 amide bonds. The number of hydrogen-bond donors (Lipinski definition) is 9. The first-order valence-corrected chi connectivity index (χ1v) is 54.6. The van der Waals surface area contributed by atoms with Gasteiger partial charge in [0.2, 0.25) is 11.8 Å². The van der Waals surface area contributed by atoms with Crippen LogP contribution < -0.4 is 22.1 Å². The number of thiol groups is 1. The van der Waals surface area contributed by atoms with Crippen molar-refractivity contribution in [3.05, 3.63) is 320 Å². The number of nitrogens with one attached hydrogen (secondary N) is 5. The Bertz CT molecular complexity index is 8120. The molecule has 2 unspecified atom stereocenters. The zero-order chi connectivity index (χ0) is 106. The summed E-state index contributed by atoms with van der Waals surface area (Å²) in [6, 6.07) is 68.8. The number of rotatable bonds is 23. The number of nitrogens with two attached hydrogens (primary N) is 2. The molecule has 756 valence electrons. The third-order valence-corrected chi connectivity index (χ3v) is 31.6.